The quantitative estimate of drug-likeness (QED) is 0.881. The molecule has 108 valence electrons. The molecule has 2 N–H and O–H groups in total. The van der Waals surface area contributed by atoms with Crippen LogP contribution in [0.4, 0.5) is 0 Å². The van der Waals surface area contributed by atoms with Gasteiger partial charge in [0.25, 0.3) is 5.89 Å². The van der Waals surface area contributed by atoms with Crippen molar-refractivity contribution in [3.8, 4) is 11.6 Å². The van der Waals surface area contributed by atoms with Crippen molar-refractivity contribution < 1.29 is 9.26 Å². The number of nitrogens with two attached hydrogens (primary N) is 1. The van der Waals surface area contributed by atoms with Gasteiger partial charge in [-0.2, -0.15) is 4.98 Å². The fraction of sp³-hybridized carbons (Fsp3) is 0.615. The van der Waals surface area contributed by atoms with Gasteiger partial charge in [-0.25, -0.2) is 4.98 Å². The van der Waals surface area contributed by atoms with Crippen LogP contribution < -0.4 is 5.73 Å². The third kappa shape index (κ3) is 2.74. The average Bonchev–Trinajstić information content (AvgIpc) is 2.94. The summed E-state index contributed by atoms with van der Waals surface area (Å²) in [5.41, 5.74) is 6.49. The van der Waals surface area contributed by atoms with Crippen molar-refractivity contribution in [1.82, 2.24) is 15.1 Å². The van der Waals surface area contributed by atoms with Crippen molar-refractivity contribution >= 4 is 11.3 Å². The minimum Gasteiger partial charge on any atom is -0.370 e. The second-order valence-electron chi connectivity index (χ2n) is 5.03. The zero-order valence-corrected chi connectivity index (χ0v) is 12.4. The van der Waals surface area contributed by atoms with Crippen LogP contribution in [0.15, 0.2) is 9.90 Å². The van der Waals surface area contributed by atoms with Gasteiger partial charge in [0.15, 0.2) is 0 Å². The first-order valence-corrected chi connectivity index (χ1v) is 7.73. The Hall–Kier alpha value is -1.31. The lowest BCUT2D eigenvalue weighted by atomic mass is 10.2. The maximum atomic E-state index is 5.81. The summed E-state index contributed by atoms with van der Waals surface area (Å²) < 4.78 is 11.0. The molecule has 3 rings (SSSR count). The summed E-state index contributed by atoms with van der Waals surface area (Å²) in [6.07, 6.45) is 2.28. The maximum Gasteiger partial charge on any atom is 0.277 e. The second kappa shape index (κ2) is 5.59. The molecule has 2 aromatic heterocycles. The van der Waals surface area contributed by atoms with Gasteiger partial charge in [0.2, 0.25) is 5.82 Å². The Morgan fingerprint density at radius 2 is 2.30 bits per heavy atom. The summed E-state index contributed by atoms with van der Waals surface area (Å²) in [6.45, 7) is 4.53. The minimum atomic E-state index is -0.0845. The fourth-order valence-corrected chi connectivity index (χ4v) is 2.80. The molecule has 1 aliphatic carbocycles. The van der Waals surface area contributed by atoms with Crippen molar-refractivity contribution in [1.29, 1.82) is 0 Å². The van der Waals surface area contributed by atoms with E-state index >= 15 is 0 Å². The van der Waals surface area contributed by atoms with Crippen LogP contribution in [0.2, 0.25) is 0 Å². The van der Waals surface area contributed by atoms with E-state index in [0.29, 0.717) is 29.9 Å². The van der Waals surface area contributed by atoms with Gasteiger partial charge in [0.1, 0.15) is 16.8 Å². The molecular formula is C13H18N4O2S. The van der Waals surface area contributed by atoms with Gasteiger partial charge in [-0.1, -0.05) is 5.16 Å². The Kier molecular flexibility index (Phi) is 3.82. The first kappa shape index (κ1) is 13.7. The third-order valence-corrected chi connectivity index (χ3v) is 4.27. The Bertz CT molecular complexity index is 576. The van der Waals surface area contributed by atoms with Crippen LogP contribution in [0.25, 0.3) is 11.6 Å². The molecule has 1 saturated carbocycles. The molecule has 20 heavy (non-hydrogen) atoms. The lowest BCUT2D eigenvalue weighted by molar-refractivity contribution is 0.0385. The van der Waals surface area contributed by atoms with E-state index in [1.807, 2.05) is 19.2 Å². The van der Waals surface area contributed by atoms with E-state index in [2.05, 4.69) is 15.1 Å². The Morgan fingerprint density at radius 3 is 2.90 bits per heavy atom. The first-order valence-electron chi connectivity index (χ1n) is 6.85. The van der Waals surface area contributed by atoms with Gasteiger partial charge in [0.05, 0.1) is 6.04 Å². The highest BCUT2D eigenvalue weighted by Crippen LogP contribution is 2.42. The Morgan fingerprint density at radius 1 is 1.50 bits per heavy atom. The summed E-state index contributed by atoms with van der Waals surface area (Å²) in [7, 11) is 0. The number of aromatic nitrogens is 3. The van der Waals surface area contributed by atoms with Crippen LogP contribution in [0, 0.1) is 5.92 Å². The number of hydrogen-bond acceptors (Lipinski definition) is 7. The van der Waals surface area contributed by atoms with Gasteiger partial charge in [-0.15, -0.1) is 11.3 Å². The van der Waals surface area contributed by atoms with E-state index in [4.69, 9.17) is 15.0 Å². The summed E-state index contributed by atoms with van der Waals surface area (Å²) in [5.74, 6) is 1.59. The van der Waals surface area contributed by atoms with Gasteiger partial charge in [-0.05, 0) is 32.6 Å². The molecule has 2 atom stereocenters. The number of ether oxygens (including phenoxy) is 1. The molecule has 0 bridgehead atoms. The number of rotatable bonds is 6. The SMILES string of the molecule is CCOC(c1noc(-c2csc(C(C)N)n2)n1)C1CC1. The molecule has 0 radical (unpaired) electrons. The highest BCUT2D eigenvalue weighted by atomic mass is 32.1. The van der Waals surface area contributed by atoms with E-state index in [1.165, 1.54) is 24.2 Å². The monoisotopic (exact) mass is 294 g/mol. The number of hydrogen-bond donors (Lipinski definition) is 1. The fourth-order valence-electron chi connectivity index (χ4n) is 2.05. The molecule has 0 amide bonds. The smallest absolute Gasteiger partial charge is 0.277 e. The van der Waals surface area contributed by atoms with Gasteiger partial charge >= 0.3 is 0 Å². The molecule has 2 aromatic rings. The van der Waals surface area contributed by atoms with Crippen molar-refractivity contribution in [3.63, 3.8) is 0 Å². The minimum absolute atomic E-state index is 0.0518. The van der Waals surface area contributed by atoms with Gasteiger partial charge in [-0.3, -0.25) is 0 Å². The lowest BCUT2D eigenvalue weighted by Gasteiger charge is -2.10. The van der Waals surface area contributed by atoms with Crippen molar-refractivity contribution in [3.05, 3.63) is 16.2 Å². The van der Waals surface area contributed by atoms with Crippen LogP contribution in [0.5, 0.6) is 0 Å². The van der Waals surface area contributed by atoms with Crippen LogP contribution >= 0.6 is 11.3 Å². The van der Waals surface area contributed by atoms with E-state index in [-0.39, 0.29) is 12.1 Å². The predicted molar refractivity (Wildman–Crippen MR) is 75.1 cm³/mol. The average molecular weight is 294 g/mol. The summed E-state index contributed by atoms with van der Waals surface area (Å²) in [5, 5.41) is 6.80. The van der Waals surface area contributed by atoms with Gasteiger partial charge in [0, 0.05) is 12.0 Å². The maximum absolute atomic E-state index is 5.81. The molecule has 0 spiro atoms. The zero-order valence-electron chi connectivity index (χ0n) is 11.6. The molecule has 6 nitrogen and oxygen atoms in total. The van der Waals surface area contributed by atoms with Crippen molar-refractivity contribution in [2.75, 3.05) is 6.61 Å². The molecule has 0 saturated heterocycles. The van der Waals surface area contributed by atoms with Gasteiger partial charge < -0.3 is 15.0 Å². The van der Waals surface area contributed by atoms with E-state index < -0.39 is 0 Å². The van der Waals surface area contributed by atoms with Crippen LogP contribution in [-0.2, 0) is 4.74 Å². The molecule has 0 aliphatic heterocycles. The first-order chi connectivity index (χ1) is 9.69. The standard InChI is InChI=1S/C13H18N4O2S/c1-3-18-10(8-4-5-8)11-16-12(19-17-11)9-6-20-13(15-9)7(2)14/h6-8,10H,3-5,14H2,1-2H3. The molecule has 7 heteroatoms. The van der Waals surface area contributed by atoms with Crippen LogP contribution in [0.3, 0.4) is 0 Å². The Balaban J connectivity index is 1.81. The molecule has 0 aromatic carbocycles. The lowest BCUT2D eigenvalue weighted by Crippen LogP contribution is -2.08. The summed E-state index contributed by atoms with van der Waals surface area (Å²) in [4.78, 5) is 8.85. The highest BCUT2D eigenvalue weighted by molar-refractivity contribution is 7.10. The van der Waals surface area contributed by atoms with E-state index in [1.54, 1.807) is 0 Å². The summed E-state index contributed by atoms with van der Waals surface area (Å²) >= 11 is 1.50. The molecule has 1 aliphatic rings. The van der Waals surface area contributed by atoms with Crippen molar-refractivity contribution in [2.24, 2.45) is 11.7 Å². The number of thiazole rings is 1. The van der Waals surface area contributed by atoms with Crippen LogP contribution in [-0.4, -0.2) is 21.7 Å². The molecule has 2 heterocycles. The molecule has 1 fully saturated rings. The second-order valence-corrected chi connectivity index (χ2v) is 5.92. The molecular weight excluding hydrogens is 276 g/mol. The highest BCUT2D eigenvalue weighted by Gasteiger charge is 2.36. The van der Waals surface area contributed by atoms with E-state index in [0.717, 1.165) is 5.01 Å². The predicted octanol–water partition coefficient (Wildman–Crippen LogP) is 2.70. The largest absolute Gasteiger partial charge is 0.370 e. The third-order valence-electron chi connectivity index (χ3n) is 3.22. The van der Waals surface area contributed by atoms with Crippen LogP contribution in [0.1, 0.15) is 49.7 Å². The zero-order chi connectivity index (χ0) is 14.1. The topological polar surface area (TPSA) is 87.1 Å². The number of nitrogens with zero attached hydrogens (tertiary/aromatic N) is 3. The van der Waals surface area contributed by atoms with Crippen molar-refractivity contribution in [2.45, 2.75) is 38.8 Å². The normalized spacial score (nSPS) is 18.1. The molecule has 2 unspecified atom stereocenters. The Labute approximate surface area is 121 Å². The summed E-state index contributed by atoms with van der Waals surface area (Å²) in [6, 6.07) is -0.0845. The van der Waals surface area contributed by atoms with E-state index in [9.17, 15) is 0 Å².